The van der Waals surface area contributed by atoms with E-state index in [1.165, 1.54) is 42.9 Å². The first kappa shape index (κ1) is 19.3. The maximum absolute atomic E-state index is 4.65. The van der Waals surface area contributed by atoms with E-state index in [4.69, 9.17) is 0 Å². The lowest BCUT2D eigenvalue weighted by molar-refractivity contribution is -0.400. The van der Waals surface area contributed by atoms with Crippen molar-refractivity contribution >= 4 is 60.9 Å². The maximum Gasteiger partial charge on any atom is 0.316 e. The standard InChI is InChI=1S/C29H24N2S/c1-18(2)15-19-16-24-23-9-6-14-30-29(23)32-28(24)25(17-19)27-13-11-22-21-8-5-4-7-20(21)10-12-26(22)31(27)3/h4-14,16-18H,3,15H2,1-2H3. The Balaban J connectivity index is 1.57. The molecule has 3 aromatic carbocycles. The number of rotatable bonds is 3. The molecule has 5 aromatic rings. The van der Waals surface area contributed by atoms with Crippen molar-refractivity contribution in [2.75, 3.05) is 0 Å². The molecule has 32 heavy (non-hydrogen) atoms. The Morgan fingerprint density at radius 1 is 1.03 bits per heavy atom. The van der Waals surface area contributed by atoms with Gasteiger partial charge in [0, 0.05) is 12.9 Å². The Labute approximate surface area is 192 Å². The fourth-order valence-corrected chi connectivity index (χ4v) is 6.01. The van der Waals surface area contributed by atoms with Crippen LogP contribution in [0, 0.1) is 12.0 Å². The van der Waals surface area contributed by atoms with E-state index in [1.807, 2.05) is 12.3 Å². The summed E-state index contributed by atoms with van der Waals surface area (Å²) in [4.78, 5) is 5.74. The summed E-state index contributed by atoms with van der Waals surface area (Å²) in [5.41, 5.74) is 4.98. The molecule has 6 rings (SSSR count). The zero-order chi connectivity index (χ0) is 21.8. The smallest absolute Gasteiger partial charge is 0.316 e. The zero-order valence-electron chi connectivity index (χ0n) is 18.3. The van der Waals surface area contributed by atoms with Gasteiger partial charge >= 0.3 is 4.83 Å². The van der Waals surface area contributed by atoms with Crippen molar-refractivity contribution in [2.45, 2.75) is 20.3 Å². The van der Waals surface area contributed by atoms with E-state index in [0.717, 1.165) is 23.0 Å². The van der Waals surface area contributed by atoms with E-state index in [1.54, 1.807) is 11.3 Å². The average Bonchev–Trinajstić information content (AvgIpc) is 3.17. The number of fused-ring (bicyclic) bond motifs is 6. The van der Waals surface area contributed by atoms with Crippen molar-refractivity contribution in [1.82, 2.24) is 4.98 Å². The van der Waals surface area contributed by atoms with E-state index in [-0.39, 0.29) is 0 Å². The summed E-state index contributed by atoms with van der Waals surface area (Å²) in [5, 5.41) is 5.05. The highest BCUT2D eigenvalue weighted by Gasteiger charge is 2.24. The third kappa shape index (κ3) is 2.96. The van der Waals surface area contributed by atoms with E-state index >= 15 is 0 Å². The second-order valence-corrected chi connectivity index (χ2v) is 9.94. The molecule has 0 amide bonds. The van der Waals surface area contributed by atoms with E-state index in [2.05, 4.69) is 96.9 Å². The Morgan fingerprint density at radius 2 is 1.88 bits per heavy atom. The zero-order valence-corrected chi connectivity index (χ0v) is 19.1. The maximum atomic E-state index is 4.65. The lowest BCUT2D eigenvalue weighted by Crippen LogP contribution is -2.16. The molecule has 0 saturated carbocycles. The molecule has 0 atom stereocenters. The molecule has 0 bridgehead atoms. The summed E-state index contributed by atoms with van der Waals surface area (Å²) in [7, 11) is 0. The van der Waals surface area contributed by atoms with Gasteiger partial charge in [-0.1, -0.05) is 61.4 Å². The number of thiophene rings is 1. The number of aromatic nitrogens is 1. The quantitative estimate of drug-likeness (QED) is 0.162. The fraction of sp³-hybridized carbons (Fsp3) is 0.138. The van der Waals surface area contributed by atoms with Crippen molar-refractivity contribution in [1.29, 1.82) is 0 Å². The van der Waals surface area contributed by atoms with Gasteiger partial charge in [-0.3, -0.25) is 0 Å². The SMILES string of the molecule is C=[N+]1c2ccc3ccccc3c2C=C[C-]1c1cc(CC(C)C)cc2c3cccnc3[s+][c-]12. The molecule has 0 unspecified atom stereocenters. The van der Waals surface area contributed by atoms with Crippen molar-refractivity contribution < 1.29 is 4.58 Å². The molecule has 0 radical (unpaired) electrons. The summed E-state index contributed by atoms with van der Waals surface area (Å²) in [6, 6.07) is 23.0. The van der Waals surface area contributed by atoms with Gasteiger partial charge in [-0.25, -0.2) is 4.98 Å². The summed E-state index contributed by atoms with van der Waals surface area (Å²) in [6.07, 6.45) is 7.42. The molecule has 0 saturated heterocycles. The molecular weight excluding hydrogens is 408 g/mol. The minimum Gasteiger partial charge on any atom is -0.330 e. The summed E-state index contributed by atoms with van der Waals surface area (Å²) in [6.45, 7) is 9.04. The highest BCUT2D eigenvalue weighted by atomic mass is 32.1. The van der Waals surface area contributed by atoms with Gasteiger partial charge in [0.25, 0.3) is 0 Å². The van der Waals surface area contributed by atoms with Gasteiger partial charge in [-0.05, 0) is 46.7 Å². The van der Waals surface area contributed by atoms with Crippen LogP contribution < -0.4 is 0 Å². The van der Waals surface area contributed by atoms with Gasteiger partial charge in [0.15, 0.2) is 11.3 Å². The fourth-order valence-electron chi connectivity index (χ4n) is 4.86. The Kier molecular flexibility index (Phi) is 4.41. The van der Waals surface area contributed by atoms with Crippen LogP contribution in [0.15, 0.2) is 72.9 Å². The Morgan fingerprint density at radius 3 is 2.75 bits per heavy atom. The molecule has 3 heterocycles. The summed E-state index contributed by atoms with van der Waals surface area (Å²) < 4.78 is 3.39. The minimum absolute atomic E-state index is 0.596. The van der Waals surface area contributed by atoms with Crippen molar-refractivity contribution in [3.05, 3.63) is 95.7 Å². The molecule has 0 spiro atoms. The van der Waals surface area contributed by atoms with Gasteiger partial charge in [-0.15, -0.1) is 17.7 Å². The van der Waals surface area contributed by atoms with Gasteiger partial charge in [0.05, 0.1) is 11.4 Å². The van der Waals surface area contributed by atoms with Gasteiger partial charge in [-0.2, -0.15) is 6.08 Å². The van der Waals surface area contributed by atoms with Crippen LogP contribution >= 0.6 is 11.3 Å². The normalized spacial score (nSPS) is 13.6. The topological polar surface area (TPSA) is 15.9 Å². The molecule has 2 nitrogen and oxygen atoms in total. The predicted octanol–water partition coefficient (Wildman–Crippen LogP) is 7.75. The van der Waals surface area contributed by atoms with E-state index in [9.17, 15) is 0 Å². The van der Waals surface area contributed by atoms with Crippen LogP contribution in [0.25, 0.3) is 37.2 Å². The molecule has 1 aliphatic heterocycles. The van der Waals surface area contributed by atoms with Crippen molar-refractivity contribution in [3.63, 3.8) is 0 Å². The summed E-state index contributed by atoms with van der Waals surface area (Å²) >= 11 is 1.78. The highest BCUT2D eigenvalue weighted by Crippen LogP contribution is 2.43. The van der Waals surface area contributed by atoms with E-state index in [0.29, 0.717) is 5.92 Å². The number of hydrogen-bond acceptors (Lipinski definition) is 1. The minimum atomic E-state index is 0.596. The van der Waals surface area contributed by atoms with Crippen LogP contribution in [-0.2, 0) is 6.42 Å². The monoisotopic (exact) mass is 432 g/mol. The number of hydrogen-bond donors (Lipinski definition) is 0. The molecule has 2 aromatic heterocycles. The van der Waals surface area contributed by atoms with Crippen molar-refractivity contribution in [2.24, 2.45) is 5.92 Å². The van der Waals surface area contributed by atoms with Crippen LogP contribution in [-0.4, -0.2) is 16.3 Å². The van der Waals surface area contributed by atoms with E-state index < -0.39 is 0 Å². The van der Waals surface area contributed by atoms with Crippen LogP contribution in [0.1, 0.15) is 30.5 Å². The lowest BCUT2D eigenvalue weighted by atomic mass is 9.92. The van der Waals surface area contributed by atoms with Gasteiger partial charge in [0.2, 0.25) is 0 Å². The Bertz CT molecular complexity index is 1550. The van der Waals surface area contributed by atoms with Gasteiger partial charge in [0.1, 0.15) is 10.4 Å². The Hall–Kier alpha value is -3.43. The molecular formula is C29H24N2S. The second kappa shape index (κ2) is 7.32. The predicted molar refractivity (Wildman–Crippen MR) is 138 cm³/mol. The average molecular weight is 433 g/mol. The lowest BCUT2D eigenvalue weighted by Gasteiger charge is -2.29. The van der Waals surface area contributed by atoms with Crippen LogP contribution in [0.3, 0.4) is 0 Å². The molecule has 0 fully saturated rings. The number of nitrogens with zero attached hydrogens (tertiary/aromatic N) is 2. The summed E-state index contributed by atoms with van der Waals surface area (Å²) in [5.74, 6) is 0.596. The molecule has 3 heteroatoms. The number of benzene rings is 3. The molecule has 0 aliphatic carbocycles. The van der Waals surface area contributed by atoms with Crippen LogP contribution in [0.5, 0.6) is 0 Å². The van der Waals surface area contributed by atoms with Crippen LogP contribution in [0.4, 0.5) is 5.69 Å². The molecule has 156 valence electrons. The second-order valence-electron chi connectivity index (χ2n) is 8.94. The third-order valence-corrected chi connectivity index (χ3v) is 7.43. The first-order chi connectivity index (χ1) is 15.6. The first-order valence-corrected chi connectivity index (χ1v) is 11.9. The molecule has 1 aliphatic rings. The largest absolute Gasteiger partial charge is 0.330 e. The van der Waals surface area contributed by atoms with Gasteiger partial charge < -0.3 is 4.58 Å². The van der Waals surface area contributed by atoms with Crippen molar-refractivity contribution in [3.8, 4) is 0 Å². The number of pyridine rings is 1. The molecule has 0 N–H and O–H groups in total. The van der Waals surface area contributed by atoms with Crippen LogP contribution in [0.2, 0.25) is 0 Å². The highest BCUT2D eigenvalue weighted by molar-refractivity contribution is 7.25. The third-order valence-electron chi connectivity index (χ3n) is 6.27. The first-order valence-electron chi connectivity index (χ1n) is 11.1.